The Bertz CT molecular complexity index is 1370. The van der Waals surface area contributed by atoms with Crippen LogP contribution in [0.4, 0.5) is 10.1 Å². The average Bonchev–Trinajstić information content (AvgIpc) is 3.34. The zero-order chi connectivity index (χ0) is 23.4. The van der Waals surface area contributed by atoms with Crippen LogP contribution in [-0.4, -0.2) is 24.5 Å². The highest BCUT2D eigenvalue weighted by Gasteiger charge is 2.17. The maximum atomic E-state index is 13.1. The van der Waals surface area contributed by atoms with Gasteiger partial charge in [-0.25, -0.2) is 12.8 Å². The number of nitrogens with one attached hydrogen (secondary N) is 3. The first-order chi connectivity index (χ1) is 15.8. The Kier molecular flexibility index (Phi) is 6.43. The fraction of sp³-hybridized carbons (Fsp3) is 0.0435. The molecule has 0 aliphatic heterocycles. The van der Waals surface area contributed by atoms with Gasteiger partial charge in [0.25, 0.3) is 15.9 Å². The molecule has 7 nitrogen and oxygen atoms in total. The second kappa shape index (κ2) is 9.43. The summed E-state index contributed by atoms with van der Waals surface area (Å²) in [7, 11) is -4.01. The summed E-state index contributed by atoms with van der Waals surface area (Å²) >= 11 is 6.12. The van der Waals surface area contributed by atoms with Gasteiger partial charge >= 0.3 is 0 Å². The summed E-state index contributed by atoms with van der Waals surface area (Å²) in [4.78, 5) is 12.5. The molecule has 4 aromatic rings. The average molecular weight is 485 g/mol. The summed E-state index contributed by atoms with van der Waals surface area (Å²) in [6.45, 7) is 0.279. The lowest BCUT2D eigenvalue weighted by molar-refractivity contribution is 0.0951. The third-order valence-electron chi connectivity index (χ3n) is 4.82. The number of sulfonamides is 1. The van der Waals surface area contributed by atoms with Crippen molar-refractivity contribution in [2.24, 2.45) is 0 Å². The van der Waals surface area contributed by atoms with Gasteiger partial charge in [0.15, 0.2) is 0 Å². The van der Waals surface area contributed by atoms with Gasteiger partial charge < -0.3 is 5.32 Å². The molecule has 0 fully saturated rings. The van der Waals surface area contributed by atoms with E-state index in [0.717, 1.165) is 41.1 Å². The van der Waals surface area contributed by atoms with Gasteiger partial charge in [-0.15, -0.1) is 0 Å². The number of H-pyrrole nitrogens is 1. The molecule has 0 aliphatic rings. The number of aromatic nitrogens is 2. The highest BCUT2D eigenvalue weighted by atomic mass is 35.5. The fourth-order valence-corrected chi connectivity index (χ4v) is 4.36. The number of anilines is 1. The predicted octanol–water partition coefficient (Wildman–Crippen LogP) is 4.60. The summed E-state index contributed by atoms with van der Waals surface area (Å²) in [6.07, 6.45) is 1.67. The van der Waals surface area contributed by atoms with Crippen LogP contribution in [0.3, 0.4) is 0 Å². The van der Waals surface area contributed by atoms with E-state index >= 15 is 0 Å². The molecular formula is C23H18ClFN4O3S. The number of rotatable bonds is 7. The quantitative estimate of drug-likeness (QED) is 0.356. The lowest BCUT2D eigenvalue weighted by Crippen LogP contribution is -2.23. The molecule has 0 aliphatic carbocycles. The number of benzene rings is 3. The van der Waals surface area contributed by atoms with E-state index in [1.165, 1.54) is 18.2 Å². The first-order valence-electron chi connectivity index (χ1n) is 9.77. The number of carbonyl (C=O) groups is 1. The molecule has 0 bridgehead atoms. The molecule has 168 valence electrons. The van der Waals surface area contributed by atoms with Crippen molar-refractivity contribution in [1.82, 2.24) is 15.5 Å². The summed E-state index contributed by atoms with van der Waals surface area (Å²) in [5, 5.41) is 9.72. The van der Waals surface area contributed by atoms with Crippen LogP contribution in [0.5, 0.6) is 0 Å². The first-order valence-corrected chi connectivity index (χ1v) is 11.6. The van der Waals surface area contributed by atoms with E-state index in [1.54, 1.807) is 6.20 Å². The Morgan fingerprint density at radius 2 is 1.73 bits per heavy atom. The van der Waals surface area contributed by atoms with E-state index in [2.05, 4.69) is 20.2 Å². The van der Waals surface area contributed by atoms with Gasteiger partial charge in [0.2, 0.25) is 0 Å². The number of hydrogen-bond acceptors (Lipinski definition) is 4. The van der Waals surface area contributed by atoms with Crippen LogP contribution in [0, 0.1) is 5.82 Å². The highest BCUT2D eigenvalue weighted by molar-refractivity contribution is 7.92. The van der Waals surface area contributed by atoms with Gasteiger partial charge in [-0.2, -0.15) is 5.10 Å². The maximum Gasteiger partial charge on any atom is 0.261 e. The Morgan fingerprint density at radius 3 is 2.39 bits per heavy atom. The second-order valence-electron chi connectivity index (χ2n) is 7.10. The molecule has 0 spiro atoms. The zero-order valence-electron chi connectivity index (χ0n) is 17.0. The van der Waals surface area contributed by atoms with Gasteiger partial charge in [0.05, 0.1) is 21.3 Å². The molecule has 1 heterocycles. The number of amides is 1. The van der Waals surface area contributed by atoms with E-state index in [0.29, 0.717) is 0 Å². The monoisotopic (exact) mass is 484 g/mol. The molecule has 0 saturated carbocycles. The van der Waals surface area contributed by atoms with E-state index in [-0.39, 0.29) is 27.7 Å². The van der Waals surface area contributed by atoms with E-state index in [4.69, 9.17) is 11.6 Å². The molecule has 0 saturated heterocycles. The van der Waals surface area contributed by atoms with Crippen LogP contribution >= 0.6 is 11.6 Å². The maximum absolute atomic E-state index is 13.1. The highest BCUT2D eigenvalue weighted by Crippen LogP contribution is 2.26. The topological polar surface area (TPSA) is 104 Å². The molecule has 33 heavy (non-hydrogen) atoms. The van der Waals surface area contributed by atoms with Gasteiger partial charge in [0, 0.05) is 18.3 Å². The van der Waals surface area contributed by atoms with Gasteiger partial charge in [-0.3, -0.25) is 14.6 Å². The van der Waals surface area contributed by atoms with E-state index < -0.39 is 21.7 Å². The predicted molar refractivity (Wildman–Crippen MR) is 124 cm³/mol. The Morgan fingerprint density at radius 1 is 1.00 bits per heavy atom. The van der Waals surface area contributed by atoms with Crippen molar-refractivity contribution in [3.8, 4) is 11.3 Å². The SMILES string of the molecule is O=C(NCc1ccc(-c2ccn[nH]2)cc1)c1ccc(Cl)c(NS(=O)(=O)c2ccc(F)cc2)c1. The van der Waals surface area contributed by atoms with Crippen LogP contribution in [0.2, 0.25) is 5.02 Å². The summed E-state index contributed by atoms with van der Waals surface area (Å²) in [5.41, 5.74) is 3.02. The van der Waals surface area contributed by atoms with E-state index in [9.17, 15) is 17.6 Å². The number of halogens is 2. The minimum Gasteiger partial charge on any atom is -0.348 e. The van der Waals surface area contributed by atoms with E-state index in [1.807, 2.05) is 30.3 Å². The summed E-state index contributed by atoms with van der Waals surface area (Å²) in [5.74, 6) is -0.951. The minimum atomic E-state index is -4.01. The van der Waals surface area contributed by atoms with Crippen LogP contribution < -0.4 is 10.0 Å². The van der Waals surface area contributed by atoms with Crippen LogP contribution in [0.1, 0.15) is 15.9 Å². The van der Waals surface area contributed by atoms with Crippen molar-refractivity contribution in [2.45, 2.75) is 11.4 Å². The van der Waals surface area contributed by atoms with Crippen LogP contribution in [-0.2, 0) is 16.6 Å². The molecule has 1 aromatic heterocycles. The van der Waals surface area contributed by atoms with Crippen molar-refractivity contribution >= 4 is 33.2 Å². The molecular weight excluding hydrogens is 467 g/mol. The third kappa shape index (κ3) is 5.39. The second-order valence-corrected chi connectivity index (χ2v) is 9.19. The first kappa shape index (κ1) is 22.5. The van der Waals surface area contributed by atoms with Crippen molar-refractivity contribution in [3.05, 3.63) is 101 Å². The largest absolute Gasteiger partial charge is 0.348 e. The van der Waals surface area contributed by atoms with Gasteiger partial charge in [-0.1, -0.05) is 35.9 Å². The molecule has 0 radical (unpaired) electrons. The van der Waals surface area contributed by atoms with Crippen molar-refractivity contribution in [2.75, 3.05) is 4.72 Å². The standard InChI is InChI=1S/C23H18ClFN4O3S/c24-20-10-5-17(13-22(20)29-33(31,32)19-8-6-18(25)7-9-19)23(30)26-14-15-1-3-16(4-2-15)21-11-12-27-28-21/h1-13,29H,14H2,(H,26,30)(H,27,28). The number of aromatic amines is 1. The molecule has 0 atom stereocenters. The minimum absolute atomic E-state index is 0.0394. The Hall–Kier alpha value is -3.69. The lowest BCUT2D eigenvalue weighted by Gasteiger charge is -2.12. The molecule has 3 N–H and O–H groups in total. The molecule has 10 heteroatoms. The summed E-state index contributed by atoms with van der Waals surface area (Å²) < 4.78 is 40.6. The van der Waals surface area contributed by atoms with Crippen molar-refractivity contribution < 1.29 is 17.6 Å². The molecule has 4 rings (SSSR count). The van der Waals surface area contributed by atoms with Gasteiger partial charge in [0.1, 0.15) is 5.82 Å². The zero-order valence-corrected chi connectivity index (χ0v) is 18.6. The normalized spacial score (nSPS) is 11.2. The molecule has 3 aromatic carbocycles. The third-order valence-corrected chi connectivity index (χ3v) is 6.53. The van der Waals surface area contributed by atoms with Gasteiger partial charge in [-0.05, 0) is 59.7 Å². The molecule has 0 unspecified atom stereocenters. The number of nitrogens with zero attached hydrogens (tertiary/aromatic N) is 1. The van der Waals surface area contributed by atoms with Crippen molar-refractivity contribution in [1.29, 1.82) is 0 Å². The Labute approximate surface area is 194 Å². The summed E-state index contributed by atoms with van der Waals surface area (Å²) in [6, 6.07) is 18.1. The number of hydrogen-bond donors (Lipinski definition) is 3. The van der Waals surface area contributed by atoms with Crippen LogP contribution in [0.25, 0.3) is 11.3 Å². The smallest absolute Gasteiger partial charge is 0.261 e. The van der Waals surface area contributed by atoms with Crippen molar-refractivity contribution in [3.63, 3.8) is 0 Å². The fourth-order valence-electron chi connectivity index (χ4n) is 3.07. The lowest BCUT2D eigenvalue weighted by atomic mass is 10.1. The Balaban J connectivity index is 1.44. The molecule has 1 amide bonds. The number of carbonyl (C=O) groups excluding carboxylic acids is 1. The van der Waals surface area contributed by atoms with Crippen LogP contribution in [0.15, 0.2) is 83.9 Å².